The standard InChI is InChI=1S/C15H26O4/c1-11(2)13-6-5-12(3)9-14(13)18-7-4-8-19-15(17)10-16/h10-14H,4-9H2,1-3H3. The Kier molecular flexibility index (Phi) is 7.06. The van der Waals surface area contributed by atoms with Gasteiger partial charge in [0.15, 0.2) is 0 Å². The number of carbonyl (C=O) groups excluding carboxylic acids is 2. The molecule has 1 saturated carbocycles. The lowest BCUT2D eigenvalue weighted by Crippen LogP contribution is -2.34. The average molecular weight is 270 g/mol. The van der Waals surface area contributed by atoms with Gasteiger partial charge in [-0.2, -0.15) is 0 Å². The lowest BCUT2D eigenvalue weighted by atomic mass is 9.75. The van der Waals surface area contributed by atoms with Crippen molar-refractivity contribution in [3.05, 3.63) is 0 Å². The first-order chi connectivity index (χ1) is 9.04. The van der Waals surface area contributed by atoms with E-state index in [9.17, 15) is 9.59 Å². The summed E-state index contributed by atoms with van der Waals surface area (Å²) in [5, 5.41) is 0. The Bertz CT molecular complexity index is 288. The van der Waals surface area contributed by atoms with E-state index in [2.05, 4.69) is 25.5 Å². The van der Waals surface area contributed by atoms with Crippen LogP contribution in [0.1, 0.15) is 46.5 Å². The lowest BCUT2D eigenvalue weighted by Gasteiger charge is -2.37. The highest BCUT2D eigenvalue weighted by atomic mass is 16.5. The summed E-state index contributed by atoms with van der Waals surface area (Å²) in [5.41, 5.74) is 0. The SMILES string of the molecule is CC1CCC(C(C)C)C(OCCCOC(=O)C=O)C1. The normalized spacial score (nSPS) is 27.3. The third-order valence-electron chi connectivity index (χ3n) is 3.92. The van der Waals surface area contributed by atoms with Gasteiger partial charge < -0.3 is 9.47 Å². The summed E-state index contributed by atoms with van der Waals surface area (Å²) in [4.78, 5) is 20.7. The predicted molar refractivity (Wildman–Crippen MR) is 72.7 cm³/mol. The average Bonchev–Trinajstić information content (AvgIpc) is 2.37. The second kappa shape index (κ2) is 8.31. The van der Waals surface area contributed by atoms with E-state index in [-0.39, 0.29) is 12.9 Å². The first-order valence-corrected chi connectivity index (χ1v) is 7.28. The summed E-state index contributed by atoms with van der Waals surface area (Å²) in [6.07, 6.45) is 4.82. The fourth-order valence-electron chi connectivity index (χ4n) is 2.81. The van der Waals surface area contributed by atoms with Crippen molar-refractivity contribution in [3.8, 4) is 0 Å². The van der Waals surface area contributed by atoms with Crippen LogP contribution in [0, 0.1) is 17.8 Å². The first kappa shape index (κ1) is 16.2. The Morgan fingerprint density at radius 3 is 2.68 bits per heavy atom. The molecule has 0 N–H and O–H groups in total. The van der Waals surface area contributed by atoms with Gasteiger partial charge in [0.05, 0.1) is 19.3 Å². The van der Waals surface area contributed by atoms with Crippen molar-refractivity contribution in [1.82, 2.24) is 0 Å². The molecular formula is C15H26O4. The molecule has 0 radical (unpaired) electrons. The Morgan fingerprint density at radius 2 is 2.05 bits per heavy atom. The van der Waals surface area contributed by atoms with Gasteiger partial charge in [0.25, 0.3) is 0 Å². The highest BCUT2D eigenvalue weighted by Crippen LogP contribution is 2.35. The Morgan fingerprint density at radius 1 is 1.32 bits per heavy atom. The van der Waals surface area contributed by atoms with E-state index in [0.29, 0.717) is 31.0 Å². The molecule has 1 rings (SSSR count). The molecule has 0 amide bonds. The monoisotopic (exact) mass is 270 g/mol. The number of carbonyl (C=O) groups is 2. The van der Waals surface area contributed by atoms with Gasteiger partial charge >= 0.3 is 5.97 Å². The molecule has 3 unspecified atom stereocenters. The number of hydrogen-bond acceptors (Lipinski definition) is 4. The molecule has 0 aromatic rings. The maximum atomic E-state index is 10.6. The van der Waals surface area contributed by atoms with Crippen molar-refractivity contribution in [2.45, 2.75) is 52.6 Å². The number of ether oxygens (including phenoxy) is 2. The van der Waals surface area contributed by atoms with Crippen molar-refractivity contribution in [2.24, 2.45) is 17.8 Å². The maximum Gasteiger partial charge on any atom is 0.371 e. The third kappa shape index (κ3) is 5.72. The number of esters is 1. The molecule has 0 aliphatic heterocycles. The van der Waals surface area contributed by atoms with Crippen LogP contribution in [-0.2, 0) is 19.1 Å². The predicted octanol–water partition coefficient (Wildman–Crippen LogP) is 2.60. The summed E-state index contributed by atoms with van der Waals surface area (Å²) >= 11 is 0. The zero-order valence-electron chi connectivity index (χ0n) is 12.3. The van der Waals surface area contributed by atoms with Crippen molar-refractivity contribution < 1.29 is 19.1 Å². The van der Waals surface area contributed by atoms with Crippen LogP contribution in [0.25, 0.3) is 0 Å². The first-order valence-electron chi connectivity index (χ1n) is 7.28. The zero-order valence-corrected chi connectivity index (χ0v) is 12.3. The summed E-state index contributed by atoms with van der Waals surface area (Å²) < 4.78 is 10.7. The van der Waals surface area contributed by atoms with Crippen molar-refractivity contribution >= 4 is 12.3 Å². The van der Waals surface area contributed by atoms with Crippen LogP contribution < -0.4 is 0 Å². The van der Waals surface area contributed by atoms with Crippen LogP contribution in [0.5, 0.6) is 0 Å². The Hall–Kier alpha value is -0.900. The minimum Gasteiger partial charge on any atom is -0.460 e. The summed E-state index contributed by atoms with van der Waals surface area (Å²) in [6.45, 7) is 7.63. The Labute approximate surface area is 115 Å². The molecule has 1 aliphatic carbocycles. The lowest BCUT2D eigenvalue weighted by molar-refractivity contribution is -0.149. The third-order valence-corrected chi connectivity index (χ3v) is 3.92. The van der Waals surface area contributed by atoms with E-state index in [4.69, 9.17) is 4.74 Å². The van der Waals surface area contributed by atoms with Crippen LogP contribution in [0.15, 0.2) is 0 Å². The quantitative estimate of drug-likeness (QED) is 0.309. The molecule has 0 aromatic heterocycles. The van der Waals surface area contributed by atoms with Crippen LogP contribution in [0.3, 0.4) is 0 Å². The highest BCUT2D eigenvalue weighted by molar-refractivity contribution is 6.20. The molecule has 0 spiro atoms. The maximum absolute atomic E-state index is 10.6. The molecule has 0 saturated heterocycles. The smallest absolute Gasteiger partial charge is 0.371 e. The molecule has 19 heavy (non-hydrogen) atoms. The topological polar surface area (TPSA) is 52.6 Å². The molecule has 110 valence electrons. The number of rotatable bonds is 7. The zero-order chi connectivity index (χ0) is 14.3. The molecular weight excluding hydrogens is 244 g/mol. The minimum absolute atomic E-state index is 0.193. The Balaban J connectivity index is 2.24. The molecule has 0 aromatic carbocycles. The molecule has 1 aliphatic rings. The van der Waals surface area contributed by atoms with E-state index < -0.39 is 5.97 Å². The fraction of sp³-hybridized carbons (Fsp3) is 0.867. The molecule has 4 heteroatoms. The van der Waals surface area contributed by atoms with Gasteiger partial charge in [-0.3, -0.25) is 4.79 Å². The van der Waals surface area contributed by atoms with Gasteiger partial charge in [0.2, 0.25) is 6.29 Å². The highest BCUT2D eigenvalue weighted by Gasteiger charge is 2.31. The number of aldehydes is 1. The van der Waals surface area contributed by atoms with Crippen molar-refractivity contribution in [1.29, 1.82) is 0 Å². The van der Waals surface area contributed by atoms with E-state index in [1.807, 2.05) is 0 Å². The minimum atomic E-state index is -0.800. The van der Waals surface area contributed by atoms with Crippen molar-refractivity contribution in [2.75, 3.05) is 13.2 Å². The van der Waals surface area contributed by atoms with Crippen LogP contribution in [-0.4, -0.2) is 31.6 Å². The fourth-order valence-corrected chi connectivity index (χ4v) is 2.81. The van der Waals surface area contributed by atoms with Gasteiger partial charge in [0.1, 0.15) is 0 Å². The summed E-state index contributed by atoms with van der Waals surface area (Å²) in [6, 6.07) is 0. The van der Waals surface area contributed by atoms with E-state index in [0.717, 1.165) is 12.3 Å². The van der Waals surface area contributed by atoms with E-state index in [1.54, 1.807) is 0 Å². The van der Waals surface area contributed by atoms with Gasteiger partial charge in [-0.25, -0.2) is 4.79 Å². The van der Waals surface area contributed by atoms with Crippen molar-refractivity contribution in [3.63, 3.8) is 0 Å². The second-order valence-electron chi connectivity index (χ2n) is 5.87. The van der Waals surface area contributed by atoms with E-state index in [1.165, 1.54) is 12.8 Å². The molecule has 0 bridgehead atoms. The number of hydrogen-bond donors (Lipinski definition) is 0. The second-order valence-corrected chi connectivity index (χ2v) is 5.87. The van der Waals surface area contributed by atoms with Gasteiger partial charge in [0, 0.05) is 6.42 Å². The van der Waals surface area contributed by atoms with Gasteiger partial charge in [-0.1, -0.05) is 27.2 Å². The largest absolute Gasteiger partial charge is 0.460 e. The van der Waals surface area contributed by atoms with Crippen LogP contribution >= 0.6 is 0 Å². The molecule has 1 fully saturated rings. The molecule has 0 heterocycles. The van der Waals surface area contributed by atoms with Gasteiger partial charge in [-0.05, 0) is 30.6 Å². The summed E-state index contributed by atoms with van der Waals surface area (Å²) in [5.74, 6) is 1.21. The van der Waals surface area contributed by atoms with Gasteiger partial charge in [-0.15, -0.1) is 0 Å². The molecule has 3 atom stereocenters. The summed E-state index contributed by atoms with van der Waals surface area (Å²) in [7, 11) is 0. The van der Waals surface area contributed by atoms with Crippen LogP contribution in [0.4, 0.5) is 0 Å². The van der Waals surface area contributed by atoms with E-state index >= 15 is 0 Å². The van der Waals surface area contributed by atoms with Crippen LogP contribution in [0.2, 0.25) is 0 Å². The molecule has 4 nitrogen and oxygen atoms in total.